The fourth-order valence-electron chi connectivity index (χ4n) is 0.791. The van der Waals surface area contributed by atoms with Crippen LogP contribution in [0.4, 0.5) is 26.5 Å². The first kappa shape index (κ1) is 14.0. The van der Waals surface area contributed by atoms with Crippen molar-refractivity contribution in [2.75, 3.05) is 0 Å². The summed E-state index contributed by atoms with van der Waals surface area (Å²) >= 11 is 0. The van der Waals surface area contributed by atoms with Crippen molar-refractivity contribution in [3.63, 3.8) is 0 Å². The number of carbonyl (C=O) groups is 1. The average molecular weight is 239 g/mol. The summed E-state index contributed by atoms with van der Waals surface area (Å²) in [5.41, 5.74) is 0. The van der Waals surface area contributed by atoms with Gasteiger partial charge in [-0.3, -0.25) is 0 Å². The Hall–Kier alpha value is -0.990. The van der Waals surface area contributed by atoms with E-state index in [4.69, 9.17) is 5.11 Å². The number of carboxylic acid groups (broad SMARTS) is 1. The summed E-state index contributed by atoms with van der Waals surface area (Å²) in [6.07, 6.45) is -4.33. The van der Waals surface area contributed by atoms with E-state index in [1.807, 2.05) is 0 Å². The molecule has 1 N–H and O–H groups in total. The van der Waals surface area contributed by atoms with Gasteiger partial charge in [0.05, 0.1) is 5.34 Å². The second-order valence-electron chi connectivity index (χ2n) is 2.66. The van der Waals surface area contributed by atoms with Gasteiger partial charge in [0.25, 0.3) is 0 Å². The third-order valence-corrected chi connectivity index (χ3v) is 1.71. The number of hydrogen-bond donors (Lipinski definition) is 1. The maximum Gasteiger partial charge on any atom is 0.381 e. The van der Waals surface area contributed by atoms with Crippen LogP contribution < -0.4 is 0 Å². The van der Waals surface area contributed by atoms with Crippen LogP contribution in [0.2, 0.25) is 0 Å². The molecule has 9 heteroatoms. The van der Waals surface area contributed by atoms with Gasteiger partial charge in [0.15, 0.2) is 6.17 Å². The molecule has 0 aromatic rings. The zero-order chi connectivity index (χ0) is 12.4. The van der Waals surface area contributed by atoms with Gasteiger partial charge in [-0.25, -0.2) is 13.6 Å². The highest BCUT2D eigenvalue weighted by molar-refractivity contribution is 5.78. The smallest absolute Gasteiger partial charge is 0.381 e. The molecule has 15 heavy (non-hydrogen) atoms. The first-order valence-corrected chi connectivity index (χ1v) is 3.68. The molecule has 0 radical (unpaired) electrons. The van der Waals surface area contributed by atoms with Gasteiger partial charge in [-0.2, -0.15) is 8.78 Å². The fraction of sp³-hybridized carbons (Fsp3) is 0.833. The molecule has 0 spiro atoms. The van der Waals surface area contributed by atoms with E-state index in [-0.39, 0.29) is 0 Å². The Balaban J connectivity index is 5.35. The highest BCUT2D eigenvalue weighted by atomic mass is 19.4. The van der Waals surface area contributed by atoms with Crippen molar-refractivity contribution in [3.8, 4) is 0 Å². The first-order chi connectivity index (χ1) is 6.62. The van der Waals surface area contributed by atoms with Crippen LogP contribution in [0.5, 0.6) is 0 Å². The number of halogens is 6. The third-order valence-electron chi connectivity index (χ3n) is 1.71. The first-order valence-electron chi connectivity index (χ1n) is 3.68. The SMILES string of the molecule is CCC(F)C(F)(F)C(F)(C(=O)O)N(F)F. The van der Waals surface area contributed by atoms with Crippen molar-refractivity contribution in [2.45, 2.75) is 31.2 Å². The summed E-state index contributed by atoms with van der Waals surface area (Å²) in [6, 6.07) is 0. The lowest BCUT2D eigenvalue weighted by Crippen LogP contribution is -2.61. The van der Waals surface area contributed by atoms with E-state index in [0.29, 0.717) is 0 Å². The molecule has 0 saturated carbocycles. The van der Waals surface area contributed by atoms with Gasteiger partial charge in [0.2, 0.25) is 0 Å². The lowest BCUT2D eigenvalue weighted by atomic mass is 10.0. The van der Waals surface area contributed by atoms with Crippen LogP contribution in [0.25, 0.3) is 0 Å². The molecule has 2 unspecified atom stereocenters. The molecule has 0 heterocycles. The Morgan fingerprint density at radius 3 is 2.00 bits per heavy atom. The molecule has 0 aromatic heterocycles. The van der Waals surface area contributed by atoms with Crippen LogP contribution in [0.15, 0.2) is 0 Å². The van der Waals surface area contributed by atoms with Gasteiger partial charge in [-0.1, -0.05) is 15.9 Å². The zero-order valence-electron chi connectivity index (χ0n) is 7.35. The highest BCUT2D eigenvalue weighted by Gasteiger charge is 2.71. The molecule has 0 aromatic carbocycles. The molecule has 0 rings (SSSR count). The summed E-state index contributed by atoms with van der Waals surface area (Å²) in [5, 5.41) is 5.09. The predicted octanol–water partition coefficient (Wildman–Crippen LogP) is 2.19. The second kappa shape index (κ2) is 4.25. The molecule has 2 atom stereocenters. The van der Waals surface area contributed by atoms with Crippen LogP contribution >= 0.6 is 0 Å². The van der Waals surface area contributed by atoms with E-state index in [9.17, 15) is 31.3 Å². The van der Waals surface area contributed by atoms with Crippen molar-refractivity contribution < 1.29 is 36.4 Å². The fourth-order valence-corrected chi connectivity index (χ4v) is 0.791. The van der Waals surface area contributed by atoms with E-state index < -0.39 is 35.6 Å². The minimum absolute atomic E-state index is 0.835. The summed E-state index contributed by atoms with van der Waals surface area (Å²) in [7, 11) is 0. The van der Waals surface area contributed by atoms with E-state index >= 15 is 0 Å². The van der Waals surface area contributed by atoms with Crippen molar-refractivity contribution in [1.82, 2.24) is 5.34 Å². The Morgan fingerprint density at radius 2 is 1.80 bits per heavy atom. The molecular formula is C6H7F6NO2. The van der Waals surface area contributed by atoms with Crippen LogP contribution in [0.3, 0.4) is 0 Å². The summed E-state index contributed by atoms with van der Waals surface area (Å²) in [5.74, 6) is -13.9. The molecule has 0 amide bonds. The Bertz CT molecular complexity index is 248. The van der Waals surface area contributed by atoms with Crippen LogP contribution in [-0.4, -0.2) is 34.3 Å². The minimum atomic E-state index is -5.37. The molecule has 0 aliphatic heterocycles. The lowest BCUT2D eigenvalue weighted by Gasteiger charge is -2.30. The molecular weight excluding hydrogens is 232 g/mol. The predicted molar refractivity (Wildman–Crippen MR) is 35.7 cm³/mol. The van der Waals surface area contributed by atoms with E-state index in [1.54, 1.807) is 0 Å². The van der Waals surface area contributed by atoms with Crippen LogP contribution in [0.1, 0.15) is 13.3 Å². The van der Waals surface area contributed by atoms with Crippen LogP contribution in [0, 0.1) is 0 Å². The van der Waals surface area contributed by atoms with Gasteiger partial charge < -0.3 is 5.11 Å². The number of aliphatic carboxylic acids is 1. The molecule has 90 valence electrons. The van der Waals surface area contributed by atoms with Gasteiger partial charge in [0.1, 0.15) is 0 Å². The van der Waals surface area contributed by atoms with E-state index in [2.05, 4.69) is 0 Å². The molecule has 3 nitrogen and oxygen atoms in total. The largest absolute Gasteiger partial charge is 0.478 e. The lowest BCUT2D eigenvalue weighted by molar-refractivity contribution is -0.346. The third kappa shape index (κ3) is 2.01. The molecule has 0 saturated heterocycles. The monoisotopic (exact) mass is 239 g/mol. The van der Waals surface area contributed by atoms with Gasteiger partial charge in [-0.05, 0) is 6.42 Å². The Morgan fingerprint density at radius 1 is 1.40 bits per heavy atom. The van der Waals surface area contributed by atoms with Gasteiger partial charge in [0, 0.05) is 0 Å². The number of rotatable bonds is 5. The minimum Gasteiger partial charge on any atom is -0.478 e. The number of alkyl halides is 4. The normalized spacial score (nSPS) is 18.7. The van der Waals surface area contributed by atoms with Crippen molar-refractivity contribution >= 4 is 5.97 Å². The Kier molecular flexibility index (Phi) is 3.97. The van der Waals surface area contributed by atoms with Gasteiger partial charge in [-0.15, -0.1) is 0 Å². The summed E-state index contributed by atoms with van der Waals surface area (Å²) in [4.78, 5) is 9.99. The van der Waals surface area contributed by atoms with Crippen molar-refractivity contribution in [1.29, 1.82) is 0 Å². The topological polar surface area (TPSA) is 40.5 Å². The van der Waals surface area contributed by atoms with Crippen molar-refractivity contribution in [2.24, 2.45) is 0 Å². The molecule has 0 fully saturated rings. The number of nitrogens with zero attached hydrogens (tertiary/aromatic N) is 1. The van der Waals surface area contributed by atoms with Crippen molar-refractivity contribution in [3.05, 3.63) is 0 Å². The maximum absolute atomic E-state index is 12.8. The quantitative estimate of drug-likeness (QED) is 0.454. The van der Waals surface area contributed by atoms with E-state index in [0.717, 1.165) is 6.92 Å². The molecule has 0 aliphatic rings. The zero-order valence-corrected chi connectivity index (χ0v) is 7.35. The van der Waals surface area contributed by atoms with Gasteiger partial charge >= 0.3 is 17.7 Å². The highest BCUT2D eigenvalue weighted by Crippen LogP contribution is 2.41. The summed E-state index contributed by atoms with van der Waals surface area (Å²) in [6.45, 7) is 0.835. The molecule has 0 aliphatic carbocycles. The van der Waals surface area contributed by atoms with Crippen LogP contribution in [-0.2, 0) is 4.79 Å². The molecule has 0 bridgehead atoms. The summed E-state index contributed by atoms with van der Waals surface area (Å²) < 4.78 is 74.3. The maximum atomic E-state index is 12.8. The number of carboxylic acids is 1. The Labute approximate surface area is 80.1 Å². The standard InChI is InChI=1S/C6H7F6NO2/c1-2-3(7)5(8,9)6(10,4(14)15)13(11)12/h3H,2H2,1H3,(H,14,15). The average Bonchev–Trinajstić information content (AvgIpc) is 2.13. The number of hydrogen-bond acceptors (Lipinski definition) is 2. The van der Waals surface area contributed by atoms with E-state index in [1.165, 1.54) is 0 Å². The second-order valence-corrected chi connectivity index (χ2v) is 2.66.